The molecule has 132 valence electrons. The van der Waals surface area contributed by atoms with E-state index in [4.69, 9.17) is 4.42 Å². The summed E-state index contributed by atoms with van der Waals surface area (Å²) in [6.07, 6.45) is 3.89. The van der Waals surface area contributed by atoms with Crippen LogP contribution < -0.4 is 15.8 Å². The minimum atomic E-state index is -0.108. The Morgan fingerprint density at radius 1 is 1.44 bits per heavy atom. The van der Waals surface area contributed by atoms with E-state index in [1.807, 2.05) is 24.7 Å². The highest BCUT2D eigenvalue weighted by Gasteiger charge is 2.22. The maximum atomic E-state index is 11.8. The number of aromatic nitrogens is 3. The van der Waals surface area contributed by atoms with Crippen LogP contribution in [0.3, 0.4) is 0 Å². The molecule has 0 bridgehead atoms. The smallest absolute Gasteiger partial charge is 0.259 e. The molecule has 7 nitrogen and oxygen atoms in total. The van der Waals surface area contributed by atoms with Crippen molar-refractivity contribution in [2.24, 2.45) is 7.05 Å². The van der Waals surface area contributed by atoms with Crippen molar-refractivity contribution in [2.75, 3.05) is 18.0 Å². The zero-order valence-electron chi connectivity index (χ0n) is 14.6. The molecule has 4 rings (SSSR count). The summed E-state index contributed by atoms with van der Waals surface area (Å²) in [7, 11) is 1.99. The predicted molar refractivity (Wildman–Crippen MR) is 96.9 cm³/mol. The number of furan rings is 1. The van der Waals surface area contributed by atoms with Gasteiger partial charge in [-0.1, -0.05) is 0 Å². The summed E-state index contributed by atoms with van der Waals surface area (Å²) in [5, 5.41) is 8.62. The molecule has 0 spiro atoms. The molecule has 1 aliphatic heterocycles. The Labute approximate surface area is 145 Å². The fourth-order valence-electron chi connectivity index (χ4n) is 3.61. The Balaban J connectivity index is 1.42. The van der Waals surface area contributed by atoms with E-state index in [0.717, 1.165) is 37.4 Å². The van der Waals surface area contributed by atoms with Gasteiger partial charge in [0.05, 0.1) is 17.6 Å². The molecule has 0 aliphatic carbocycles. The van der Waals surface area contributed by atoms with Crippen molar-refractivity contribution >= 4 is 16.8 Å². The SMILES string of the molecule is Cc1cc(N2CCCC(NCc3cc4c(=O)[nH]ccc4o3)C2)n(C)n1. The lowest BCUT2D eigenvalue weighted by molar-refractivity contribution is 0.397. The number of pyridine rings is 1. The van der Waals surface area contributed by atoms with Gasteiger partial charge < -0.3 is 19.6 Å². The molecular formula is C18H23N5O2. The van der Waals surface area contributed by atoms with Crippen LogP contribution in [0.15, 0.2) is 33.6 Å². The first-order valence-corrected chi connectivity index (χ1v) is 8.69. The number of rotatable bonds is 4. The lowest BCUT2D eigenvalue weighted by Gasteiger charge is -2.34. The van der Waals surface area contributed by atoms with E-state index in [0.29, 0.717) is 23.6 Å². The highest BCUT2D eigenvalue weighted by atomic mass is 16.3. The lowest BCUT2D eigenvalue weighted by atomic mass is 10.1. The molecule has 0 aromatic carbocycles. The number of nitrogens with zero attached hydrogens (tertiary/aromatic N) is 3. The first-order valence-electron chi connectivity index (χ1n) is 8.69. The summed E-state index contributed by atoms with van der Waals surface area (Å²) < 4.78 is 7.71. The van der Waals surface area contributed by atoms with Crippen molar-refractivity contribution in [1.29, 1.82) is 0 Å². The quantitative estimate of drug-likeness (QED) is 0.758. The number of aryl methyl sites for hydroxylation is 2. The van der Waals surface area contributed by atoms with Crippen LogP contribution in [-0.4, -0.2) is 33.9 Å². The normalized spacial score (nSPS) is 18.2. The zero-order valence-corrected chi connectivity index (χ0v) is 14.6. The first kappa shape index (κ1) is 16.0. The maximum absolute atomic E-state index is 11.8. The molecule has 2 N–H and O–H groups in total. The fourth-order valence-corrected chi connectivity index (χ4v) is 3.61. The third-order valence-corrected chi connectivity index (χ3v) is 4.79. The number of anilines is 1. The zero-order chi connectivity index (χ0) is 17.4. The van der Waals surface area contributed by atoms with E-state index in [9.17, 15) is 4.79 Å². The molecule has 1 unspecified atom stereocenters. The molecule has 1 atom stereocenters. The second-order valence-corrected chi connectivity index (χ2v) is 6.73. The Morgan fingerprint density at radius 3 is 3.08 bits per heavy atom. The van der Waals surface area contributed by atoms with Crippen molar-refractivity contribution in [2.45, 2.75) is 32.4 Å². The van der Waals surface area contributed by atoms with E-state index in [-0.39, 0.29) is 5.56 Å². The Hall–Kier alpha value is -2.54. The molecule has 0 saturated carbocycles. The van der Waals surface area contributed by atoms with Crippen LogP contribution in [0.2, 0.25) is 0 Å². The van der Waals surface area contributed by atoms with Gasteiger partial charge in [0.2, 0.25) is 0 Å². The van der Waals surface area contributed by atoms with Crippen LogP contribution in [0.25, 0.3) is 11.0 Å². The highest BCUT2D eigenvalue weighted by molar-refractivity contribution is 5.76. The Bertz CT molecular complexity index is 938. The Morgan fingerprint density at radius 2 is 2.32 bits per heavy atom. The van der Waals surface area contributed by atoms with Crippen molar-refractivity contribution in [3.05, 3.63) is 46.2 Å². The van der Waals surface area contributed by atoms with Gasteiger partial charge in [-0.2, -0.15) is 5.10 Å². The summed E-state index contributed by atoms with van der Waals surface area (Å²) in [5.41, 5.74) is 1.57. The summed E-state index contributed by atoms with van der Waals surface area (Å²) in [5.74, 6) is 1.96. The van der Waals surface area contributed by atoms with Crippen LogP contribution in [0.1, 0.15) is 24.3 Å². The monoisotopic (exact) mass is 341 g/mol. The summed E-state index contributed by atoms with van der Waals surface area (Å²) >= 11 is 0. The predicted octanol–water partition coefficient (Wildman–Crippen LogP) is 1.92. The van der Waals surface area contributed by atoms with Crippen LogP contribution in [0.5, 0.6) is 0 Å². The van der Waals surface area contributed by atoms with Gasteiger partial charge in [-0.15, -0.1) is 0 Å². The standard InChI is InChI=1S/C18H23N5O2/c1-12-8-17(22(2)21-12)23-7-3-4-13(11-23)20-10-14-9-15-16(25-14)5-6-19-18(15)24/h5-6,8-9,13,20H,3-4,7,10-11H2,1-2H3,(H,19,24). The van der Waals surface area contributed by atoms with Crippen molar-refractivity contribution in [3.8, 4) is 0 Å². The molecule has 7 heteroatoms. The second kappa shape index (κ2) is 6.40. The van der Waals surface area contributed by atoms with Crippen LogP contribution in [-0.2, 0) is 13.6 Å². The minimum Gasteiger partial charge on any atom is -0.459 e. The number of aromatic amines is 1. The third kappa shape index (κ3) is 3.19. The molecule has 0 amide bonds. The minimum absolute atomic E-state index is 0.108. The van der Waals surface area contributed by atoms with E-state index >= 15 is 0 Å². The average molecular weight is 341 g/mol. The molecule has 1 saturated heterocycles. The summed E-state index contributed by atoms with van der Waals surface area (Å²) in [4.78, 5) is 16.8. The largest absolute Gasteiger partial charge is 0.459 e. The molecule has 3 aromatic heterocycles. The number of H-pyrrole nitrogens is 1. The van der Waals surface area contributed by atoms with Gasteiger partial charge in [0, 0.05) is 38.4 Å². The number of nitrogens with one attached hydrogen (secondary N) is 2. The van der Waals surface area contributed by atoms with Crippen LogP contribution in [0.4, 0.5) is 5.82 Å². The number of fused-ring (bicyclic) bond motifs is 1. The number of hydrogen-bond acceptors (Lipinski definition) is 5. The first-order chi connectivity index (χ1) is 12.1. The van der Waals surface area contributed by atoms with E-state index < -0.39 is 0 Å². The lowest BCUT2D eigenvalue weighted by Crippen LogP contribution is -2.46. The summed E-state index contributed by atoms with van der Waals surface area (Å²) in [6, 6.07) is 6.13. The maximum Gasteiger partial charge on any atom is 0.259 e. The fraction of sp³-hybridized carbons (Fsp3) is 0.444. The molecule has 1 aliphatic rings. The number of piperidine rings is 1. The summed E-state index contributed by atoms with van der Waals surface area (Å²) in [6.45, 7) is 4.64. The van der Waals surface area contributed by atoms with Crippen molar-refractivity contribution in [1.82, 2.24) is 20.1 Å². The molecule has 1 fully saturated rings. The van der Waals surface area contributed by atoms with Crippen LogP contribution >= 0.6 is 0 Å². The second-order valence-electron chi connectivity index (χ2n) is 6.73. The van der Waals surface area contributed by atoms with E-state index in [1.165, 1.54) is 5.82 Å². The van der Waals surface area contributed by atoms with Gasteiger partial charge in [-0.25, -0.2) is 0 Å². The van der Waals surface area contributed by atoms with Gasteiger partial charge in [0.15, 0.2) is 0 Å². The molecule has 25 heavy (non-hydrogen) atoms. The van der Waals surface area contributed by atoms with Crippen molar-refractivity contribution in [3.63, 3.8) is 0 Å². The molecule has 3 aromatic rings. The molecule has 0 radical (unpaired) electrons. The molecule has 4 heterocycles. The van der Waals surface area contributed by atoms with E-state index in [1.54, 1.807) is 12.3 Å². The average Bonchev–Trinajstić information content (AvgIpc) is 3.17. The topological polar surface area (TPSA) is 79.1 Å². The van der Waals surface area contributed by atoms with Gasteiger partial charge in [-0.05, 0) is 31.9 Å². The third-order valence-electron chi connectivity index (χ3n) is 4.79. The van der Waals surface area contributed by atoms with E-state index in [2.05, 4.69) is 26.4 Å². The van der Waals surface area contributed by atoms with Crippen molar-refractivity contribution < 1.29 is 4.42 Å². The van der Waals surface area contributed by atoms with Gasteiger partial charge in [0.1, 0.15) is 17.2 Å². The highest BCUT2D eigenvalue weighted by Crippen LogP contribution is 2.21. The number of hydrogen-bond donors (Lipinski definition) is 2. The van der Waals surface area contributed by atoms with Gasteiger partial charge in [0.25, 0.3) is 5.56 Å². The van der Waals surface area contributed by atoms with Gasteiger partial charge in [-0.3, -0.25) is 9.48 Å². The van der Waals surface area contributed by atoms with Gasteiger partial charge >= 0.3 is 0 Å². The Kier molecular flexibility index (Phi) is 4.09. The molecular weight excluding hydrogens is 318 g/mol. The van der Waals surface area contributed by atoms with Crippen LogP contribution in [0, 0.1) is 6.92 Å².